The number of nitrogens with one attached hydrogen (secondary N) is 1. The second-order valence-corrected chi connectivity index (χ2v) is 12.3. The molecule has 1 unspecified atom stereocenters. The molecule has 1 aromatic heterocycles. The number of aromatic hydroxyl groups is 1. The van der Waals surface area contributed by atoms with Crippen LogP contribution in [0.3, 0.4) is 0 Å². The maximum Gasteiger partial charge on any atom is 0.259 e. The fourth-order valence-electron chi connectivity index (χ4n) is 6.37. The first kappa shape index (κ1) is 33.1. The van der Waals surface area contributed by atoms with Crippen molar-refractivity contribution in [2.45, 2.75) is 32.9 Å². The lowest BCUT2D eigenvalue weighted by Gasteiger charge is -2.35. The van der Waals surface area contributed by atoms with Crippen molar-refractivity contribution in [2.24, 2.45) is 7.05 Å². The molecule has 9 heteroatoms. The van der Waals surface area contributed by atoms with Crippen LogP contribution in [0.1, 0.15) is 56.1 Å². The van der Waals surface area contributed by atoms with Crippen LogP contribution in [-0.4, -0.2) is 52.5 Å². The number of aromatic nitrogens is 1. The average Bonchev–Trinajstić information content (AvgIpc) is 3.42. The molecule has 2 N–H and O–H groups in total. The van der Waals surface area contributed by atoms with Crippen LogP contribution < -0.4 is 15.0 Å². The molecule has 49 heavy (non-hydrogen) atoms. The number of anilines is 1. The largest absolute Gasteiger partial charge is 0.508 e. The molecule has 0 saturated heterocycles. The number of hydrogen-bond donors (Lipinski definition) is 2. The van der Waals surface area contributed by atoms with Crippen molar-refractivity contribution in [3.63, 3.8) is 0 Å². The van der Waals surface area contributed by atoms with Crippen molar-refractivity contribution >= 4 is 23.4 Å². The lowest BCUT2D eigenvalue weighted by atomic mass is 9.92. The summed E-state index contributed by atoms with van der Waals surface area (Å²) in [6.45, 7) is 4.62. The molecule has 3 amide bonds. The average molecular weight is 657 g/mol. The van der Waals surface area contributed by atoms with Gasteiger partial charge in [0, 0.05) is 55.4 Å². The van der Waals surface area contributed by atoms with Gasteiger partial charge in [-0.1, -0.05) is 48.5 Å². The van der Waals surface area contributed by atoms with E-state index in [-0.39, 0.29) is 42.7 Å². The molecule has 2 heterocycles. The van der Waals surface area contributed by atoms with E-state index in [2.05, 4.69) is 24.4 Å². The highest BCUT2D eigenvalue weighted by Crippen LogP contribution is 2.35. The maximum atomic E-state index is 14.4. The highest BCUT2D eigenvalue weighted by molar-refractivity contribution is 6.08. The van der Waals surface area contributed by atoms with Gasteiger partial charge in [-0.15, -0.1) is 0 Å². The number of ether oxygens (including phenoxy) is 1. The summed E-state index contributed by atoms with van der Waals surface area (Å²) in [7, 11) is 3.57. The molecular formula is C40H40N4O5. The van der Waals surface area contributed by atoms with Gasteiger partial charge in [0.2, 0.25) is 0 Å². The van der Waals surface area contributed by atoms with Crippen LogP contribution >= 0.6 is 0 Å². The Balaban J connectivity index is 1.32. The van der Waals surface area contributed by atoms with E-state index in [4.69, 9.17) is 4.74 Å². The van der Waals surface area contributed by atoms with Gasteiger partial charge in [0.25, 0.3) is 17.7 Å². The number of fused-ring (bicyclic) bond motifs is 1. The summed E-state index contributed by atoms with van der Waals surface area (Å²) in [5, 5.41) is 12.7. The third-order valence-electron chi connectivity index (χ3n) is 9.36. The number of carbonyl (C=O) groups is 3. The molecule has 4 aromatic carbocycles. The minimum atomic E-state index is -0.272. The lowest BCUT2D eigenvalue weighted by Crippen LogP contribution is -2.39. The van der Waals surface area contributed by atoms with Gasteiger partial charge in [-0.05, 0) is 91.6 Å². The number of amides is 3. The zero-order chi connectivity index (χ0) is 34.7. The van der Waals surface area contributed by atoms with Gasteiger partial charge in [-0.2, -0.15) is 0 Å². The van der Waals surface area contributed by atoms with E-state index in [1.807, 2.05) is 78.0 Å². The lowest BCUT2D eigenvalue weighted by molar-refractivity contribution is -0.123. The van der Waals surface area contributed by atoms with Gasteiger partial charge in [-0.25, -0.2) is 0 Å². The van der Waals surface area contributed by atoms with Crippen LogP contribution in [0, 0.1) is 6.92 Å². The zero-order valence-corrected chi connectivity index (χ0v) is 28.1. The smallest absolute Gasteiger partial charge is 0.259 e. The Labute approximate surface area is 286 Å². The van der Waals surface area contributed by atoms with Gasteiger partial charge < -0.3 is 29.5 Å². The van der Waals surface area contributed by atoms with E-state index in [9.17, 15) is 19.5 Å². The van der Waals surface area contributed by atoms with Crippen molar-refractivity contribution in [1.82, 2.24) is 14.8 Å². The van der Waals surface area contributed by atoms with Crippen LogP contribution in [-0.2, 0) is 24.8 Å². The Bertz CT molecular complexity index is 2000. The molecule has 5 aromatic rings. The highest BCUT2D eigenvalue weighted by Gasteiger charge is 2.31. The fraction of sp³-hybridized carbons (Fsp3) is 0.225. The summed E-state index contributed by atoms with van der Waals surface area (Å²) >= 11 is 0. The molecule has 1 aliphatic rings. The third kappa shape index (κ3) is 6.92. The second kappa shape index (κ2) is 14.1. The molecular weight excluding hydrogens is 616 g/mol. The number of phenolic OH excluding ortho intramolecular Hbond substituents is 1. The normalized spacial score (nSPS) is 13.8. The molecule has 9 nitrogen and oxygen atoms in total. The quantitative estimate of drug-likeness (QED) is 0.190. The summed E-state index contributed by atoms with van der Waals surface area (Å²) in [4.78, 5) is 44.3. The Morgan fingerprint density at radius 2 is 1.63 bits per heavy atom. The van der Waals surface area contributed by atoms with Crippen molar-refractivity contribution < 1.29 is 24.2 Å². The number of benzene rings is 4. The molecule has 0 fully saturated rings. The topological polar surface area (TPSA) is 104 Å². The van der Waals surface area contributed by atoms with Gasteiger partial charge in [0.15, 0.2) is 6.61 Å². The van der Waals surface area contributed by atoms with Crippen molar-refractivity contribution in [1.29, 1.82) is 0 Å². The maximum absolute atomic E-state index is 14.4. The van der Waals surface area contributed by atoms with Crippen LogP contribution in [0.15, 0.2) is 103 Å². The Hall–Kier alpha value is -5.83. The number of hydrogen-bond acceptors (Lipinski definition) is 5. The van der Waals surface area contributed by atoms with Crippen molar-refractivity contribution in [2.75, 3.05) is 25.1 Å². The van der Waals surface area contributed by atoms with E-state index < -0.39 is 0 Å². The molecule has 250 valence electrons. The number of carbonyl (C=O) groups excluding carboxylic acids is 3. The van der Waals surface area contributed by atoms with E-state index in [1.165, 1.54) is 10.5 Å². The van der Waals surface area contributed by atoms with Gasteiger partial charge in [-0.3, -0.25) is 14.4 Å². The predicted octanol–water partition coefficient (Wildman–Crippen LogP) is 6.44. The molecule has 0 saturated carbocycles. The standard InChI is InChI=1S/C40H40N4O5/c1-26-35(39(47)43(4)30-15-17-31(45)18-16-30)23-37(42(26)3)36-22-28(24-41-38(46)25-49-32-11-6-5-7-12-32)14-19-34(36)40(48)44-21-20-29-10-8-9-13-33(29)27(44)2/h5-19,22-23,27,45H,20-21,24-25H2,1-4H3,(H,41,46). The third-order valence-corrected chi connectivity index (χ3v) is 9.36. The Kier molecular flexibility index (Phi) is 9.53. The van der Waals surface area contributed by atoms with Crippen LogP contribution in [0.2, 0.25) is 0 Å². The van der Waals surface area contributed by atoms with E-state index in [1.54, 1.807) is 43.4 Å². The number of rotatable bonds is 9. The Morgan fingerprint density at radius 3 is 2.39 bits per heavy atom. The minimum absolute atomic E-state index is 0.100. The van der Waals surface area contributed by atoms with E-state index in [0.717, 1.165) is 23.2 Å². The van der Waals surface area contributed by atoms with Crippen molar-refractivity contribution in [3.8, 4) is 22.8 Å². The highest BCUT2D eigenvalue weighted by atomic mass is 16.5. The number of para-hydroxylation sites is 1. The first-order chi connectivity index (χ1) is 23.6. The number of phenols is 1. The zero-order valence-electron chi connectivity index (χ0n) is 28.1. The summed E-state index contributed by atoms with van der Waals surface area (Å²) in [5.41, 5.74) is 6.93. The molecule has 1 aliphatic heterocycles. The first-order valence-corrected chi connectivity index (χ1v) is 16.3. The first-order valence-electron chi connectivity index (χ1n) is 16.3. The number of nitrogens with zero attached hydrogens (tertiary/aromatic N) is 3. The fourth-order valence-corrected chi connectivity index (χ4v) is 6.37. The molecule has 0 spiro atoms. The Morgan fingerprint density at radius 1 is 0.918 bits per heavy atom. The molecule has 1 atom stereocenters. The summed E-state index contributed by atoms with van der Waals surface area (Å²) in [6, 6.07) is 31.1. The van der Waals surface area contributed by atoms with Crippen LogP contribution in [0.4, 0.5) is 5.69 Å². The summed E-state index contributed by atoms with van der Waals surface area (Å²) < 4.78 is 7.52. The summed E-state index contributed by atoms with van der Waals surface area (Å²) in [5.74, 6) is 0.133. The second-order valence-electron chi connectivity index (χ2n) is 12.3. The molecule has 0 aliphatic carbocycles. The van der Waals surface area contributed by atoms with E-state index >= 15 is 0 Å². The molecule has 6 rings (SSSR count). The van der Waals surface area contributed by atoms with Crippen LogP contribution in [0.25, 0.3) is 11.3 Å². The van der Waals surface area contributed by atoms with Crippen molar-refractivity contribution in [3.05, 3.63) is 137 Å². The SMILES string of the molecule is Cc1c(C(=O)N(C)c2ccc(O)cc2)cc(-c2cc(CNC(=O)COc3ccccc3)ccc2C(=O)N2CCc3ccccc3C2C)n1C. The predicted molar refractivity (Wildman–Crippen MR) is 190 cm³/mol. The van der Waals surface area contributed by atoms with Crippen LogP contribution in [0.5, 0.6) is 11.5 Å². The van der Waals surface area contributed by atoms with Gasteiger partial charge in [0.05, 0.1) is 11.6 Å². The minimum Gasteiger partial charge on any atom is -0.508 e. The molecule has 0 radical (unpaired) electrons. The van der Waals surface area contributed by atoms with E-state index in [0.29, 0.717) is 40.4 Å². The van der Waals surface area contributed by atoms with Gasteiger partial charge >= 0.3 is 0 Å². The molecule has 0 bridgehead atoms. The summed E-state index contributed by atoms with van der Waals surface area (Å²) in [6.07, 6.45) is 0.766. The monoisotopic (exact) mass is 656 g/mol. The van der Waals surface area contributed by atoms with Gasteiger partial charge in [0.1, 0.15) is 11.5 Å².